The van der Waals surface area contributed by atoms with Gasteiger partial charge in [-0.15, -0.1) is 22.0 Å². The normalized spacial score (nSPS) is 12.3. The predicted molar refractivity (Wildman–Crippen MR) is 90.5 cm³/mol. The zero-order valence-corrected chi connectivity index (χ0v) is 14.0. The molecule has 0 aliphatic carbocycles. The Labute approximate surface area is 142 Å². The number of aromatic nitrogens is 2. The van der Waals surface area contributed by atoms with Gasteiger partial charge in [-0.05, 0) is 31.2 Å². The van der Waals surface area contributed by atoms with Crippen molar-refractivity contribution in [3.05, 3.63) is 64.5 Å². The lowest BCUT2D eigenvalue weighted by Gasteiger charge is -2.09. The van der Waals surface area contributed by atoms with Crippen LogP contribution in [0.1, 0.15) is 18.1 Å². The summed E-state index contributed by atoms with van der Waals surface area (Å²) >= 11 is 13.9. The second-order valence-corrected chi connectivity index (χ2v) is 6.79. The summed E-state index contributed by atoms with van der Waals surface area (Å²) in [5, 5.41) is 9.40. The van der Waals surface area contributed by atoms with E-state index in [1.165, 1.54) is 11.8 Å². The van der Waals surface area contributed by atoms with Crippen LogP contribution in [0.5, 0.6) is 0 Å². The van der Waals surface area contributed by atoms with Gasteiger partial charge in [0, 0.05) is 10.5 Å². The lowest BCUT2D eigenvalue weighted by molar-refractivity contribution is 0.509. The van der Waals surface area contributed by atoms with Gasteiger partial charge in [0.1, 0.15) is 0 Å². The molecule has 3 aromatic rings. The Hall–Kier alpha value is -1.49. The molecule has 0 N–H and O–H groups in total. The van der Waals surface area contributed by atoms with E-state index in [4.69, 9.17) is 27.6 Å². The highest BCUT2D eigenvalue weighted by molar-refractivity contribution is 7.99. The summed E-state index contributed by atoms with van der Waals surface area (Å²) in [7, 11) is 0. The SMILES string of the molecule is CC(Sc1c(Cl)cccc1Cl)c1nnc(-c2ccccc2)o1. The highest BCUT2D eigenvalue weighted by atomic mass is 35.5. The molecule has 0 aliphatic rings. The van der Waals surface area contributed by atoms with E-state index in [0.717, 1.165) is 10.5 Å². The smallest absolute Gasteiger partial charge is 0.247 e. The van der Waals surface area contributed by atoms with Crippen molar-refractivity contribution in [3.8, 4) is 11.5 Å². The van der Waals surface area contributed by atoms with Gasteiger partial charge in [0.25, 0.3) is 0 Å². The third kappa shape index (κ3) is 3.29. The molecule has 1 atom stereocenters. The molecule has 22 heavy (non-hydrogen) atoms. The lowest BCUT2D eigenvalue weighted by atomic mass is 10.2. The van der Waals surface area contributed by atoms with E-state index in [0.29, 0.717) is 21.8 Å². The standard InChI is InChI=1S/C16H12Cl2N2OS/c1-10(22-14-12(17)8-5-9-13(14)18)15-19-20-16(21-15)11-6-3-2-4-7-11/h2-10H,1H3. The van der Waals surface area contributed by atoms with Crippen molar-refractivity contribution in [2.24, 2.45) is 0 Å². The summed E-state index contributed by atoms with van der Waals surface area (Å²) in [4.78, 5) is 0.817. The van der Waals surface area contributed by atoms with Gasteiger partial charge < -0.3 is 4.42 Å². The molecular formula is C16H12Cl2N2OS. The van der Waals surface area contributed by atoms with E-state index in [1.54, 1.807) is 0 Å². The van der Waals surface area contributed by atoms with Crippen LogP contribution in [0.3, 0.4) is 0 Å². The van der Waals surface area contributed by atoms with Crippen LogP contribution >= 0.6 is 35.0 Å². The third-order valence-electron chi connectivity index (χ3n) is 3.02. The van der Waals surface area contributed by atoms with E-state index in [9.17, 15) is 0 Å². The van der Waals surface area contributed by atoms with Crippen molar-refractivity contribution < 1.29 is 4.42 Å². The van der Waals surface area contributed by atoms with Gasteiger partial charge in [0.05, 0.1) is 15.3 Å². The fraction of sp³-hybridized carbons (Fsp3) is 0.125. The molecule has 1 unspecified atom stereocenters. The fourth-order valence-electron chi connectivity index (χ4n) is 1.92. The molecule has 112 valence electrons. The Morgan fingerprint density at radius 1 is 0.955 bits per heavy atom. The van der Waals surface area contributed by atoms with E-state index in [1.807, 2.05) is 55.5 Å². The number of rotatable bonds is 4. The third-order valence-corrected chi connectivity index (χ3v) is 5.11. The van der Waals surface area contributed by atoms with E-state index >= 15 is 0 Å². The molecule has 0 radical (unpaired) electrons. The molecule has 3 rings (SSSR count). The largest absolute Gasteiger partial charge is 0.419 e. The van der Waals surface area contributed by atoms with Gasteiger partial charge in [0.2, 0.25) is 11.8 Å². The summed E-state index contributed by atoms with van der Waals surface area (Å²) in [6, 6.07) is 15.1. The molecule has 0 bridgehead atoms. The van der Waals surface area contributed by atoms with Gasteiger partial charge in [-0.3, -0.25) is 0 Å². The minimum Gasteiger partial charge on any atom is -0.419 e. The molecule has 0 saturated carbocycles. The van der Waals surface area contributed by atoms with Crippen molar-refractivity contribution in [2.45, 2.75) is 17.1 Å². The minimum atomic E-state index is -0.0534. The Morgan fingerprint density at radius 2 is 1.64 bits per heavy atom. The molecule has 0 amide bonds. The summed E-state index contributed by atoms with van der Waals surface area (Å²) in [6.07, 6.45) is 0. The maximum Gasteiger partial charge on any atom is 0.247 e. The molecule has 1 aromatic heterocycles. The van der Waals surface area contributed by atoms with Crippen molar-refractivity contribution in [2.75, 3.05) is 0 Å². The summed E-state index contributed by atoms with van der Waals surface area (Å²) in [6.45, 7) is 1.98. The van der Waals surface area contributed by atoms with Crippen LogP contribution in [0.4, 0.5) is 0 Å². The van der Waals surface area contributed by atoms with Crippen LogP contribution in [0, 0.1) is 0 Å². The average molecular weight is 351 g/mol. The lowest BCUT2D eigenvalue weighted by Crippen LogP contribution is -1.89. The number of halogens is 2. The van der Waals surface area contributed by atoms with Gasteiger partial charge in [-0.1, -0.05) is 47.5 Å². The topological polar surface area (TPSA) is 38.9 Å². The van der Waals surface area contributed by atoms with E-state index < -0.39 is 0 Å². The van der Waals surface area contributed by atoms with Crippen molar-refractivity contribution >= 4 is 35.0 Å². The first kappa shape index (κ1) is 15.4. The first-order valence-corrected chi connectivity index (χ1v) is 8.28. The van der Waals surface area contributed by atoms with Crippen LogP contribution in [0.15, 0.2) is 57.8 Å². The average Bonchev–Trinajstić information content (AvgIpc) is 3.02. The molecule has 0 saturated heterocycles. The quantitative estimate of drug-likeness (QED) is 0.549. The van der Waals surface area contributed by atoms with Crippen LogP contribution < -0.4 is 0 Å². The Morgan fingerprint density at radius 3 is 2.32 bits per heavy atom. The van der Waals surface area contributed by atoms with Crippen molar-refractivity contribution in [1.29, 1.82) is 0 Å². The fourth-order valence-corrected chi connectivity index (χ4v) is 3.49. The predicted octanol–water partition coefficient (Wildman–Crippen LogP) is 5.90. The van der Waals surface area contributed by atoms with E-state index in [-0.39, 0.29) is 5.25 Å². The minimum absolute atomic E-state index is 0.0534. The Bertz CT molecular complexity index is 757. The maximum atomic E-state index is 6.19. The molecule has 3 nitrogen and oxygen atoms in total. The first-order chi connectivity index (χ1) is 10.6. The first-order valence-electron chi connectivity index (χ1n) is 6.64. The highest BCUT2D eigenvalue weighted by Crippen LogP contribution is 2.42. The Balaban J connectivity index is 1.82. The molecule has 0 aliphatic heterocycles. The van der Waals surface area contributed by atoms with Crippen LogP contribution in [-0.4, -0.2) is 10.2 Å². The number of nitrogens with zero attached hydrogens (tertiary/aromatic N) is 2. The molecule has 0 fully saturated rings. The summed E-state index contributed by atoms with van der Waals surface area (Å²) in [5.74, 6) is 1.05. The maximum absolute atomic E-state index is 6.19. The number of hydrogen-bond donors (Lipinski definition) is 0. The van der Waals surface area contributed by atoms with Gasteiger partial charge >= 0.3 is 0 Å². The molecule has 2 aromatic carbocycles. The molecule has 1 heterocycles. The number of thioether (sulfide) groups is 1. The highest BCUT2D eigenvalue weighted by Gasteiger charge is 2.18. The Kier molecular flexibility index (Phi) is 4.71. The zero-order valence-electron chi connectivity index (χ0n) is 11.7. The second kappa shape index (κ2) is 6.73. The molecular weight excluding hydrogens is 339 g/mol. The van der Waals surface area contributed by atoms with Gasteiger partial charge in [-0.2, -0.15) is 0 Å². The number of hydrogen-bond acceptors (Lipinski definition) is 4. The monoisotopic (exact) mass is 350 g/mol. The van der Waals surface area contributed by atoms with Crippen molar-refractivity contribution in [1.82, 2.24) is 10.2 Å². The number of benzene rings is 2. The molecule has 0 spiro atoms. The summed E-state index contributed by atoms with van der Waals surface area (Å²) in [5.41, 5.74) is 0.897. The van der Waals surface area contributed by atoms with Crippen LogP contribution in [0.25, 0.3) is 11.5 Å². The van der Waals surface area contributed by atoms with E-state index in [2.05, 4.69) is 10.2 Å². The van der Waals surface area contributed by atoms with Gasteiger partial charge in [-0.25, -0.2) is 0 Å². The zero-order chi connectivity index (χ0) is 15.5. The molecule has 6 heteroatoms. The van der Waals surface area contributed by atoms with Crippen LogP contribution in [-0.2, 0) is 0 Å². The van der Waals surface area contributed by atoms with Gasteiger partial charge in [0.15, 0.2) is 0 Å². The summed E-state index contributed by atoms with van der Waals surface area (Å²) < 4.78 is 5.75. The second-order valence-electron chi connectivity index (χ2n) is 4.62. The van der Waals surface area contributed by atoms with Crippen molar-refractivity contribution in [3.63, 3.8) is 0 Å². The van der Waals surface area contributed by atoms with Crippen LogP contribution in [0.2, 0.25) is 10.0 Å².